The Morgan fingerprint density at radius 3 is 2.21 bits per heavy atom. The Morgan fingerprint density at radius 1 is 1.05 bits per heavy atom. The molecule has 0 radical (unpaired) electrons. The van der Waals surface area contributed by atoms with E-state index < -0.39 is 0 Å². The van der Waals surface area contributed by atoms with Gasteiger partial charge in [-0.15, -0.1) is 0 Å². The zero-order chi connectivity index (χ0) is 13.9. The van der Waals surface area contributed by atoms with Gasteiger partial charge in [0, 0.05) is 16.9 Å². The van der Waals surface area contributed by atoms with Crippen LogP contribution in [0.4, 0.5) is 11.4 Å². The molecule has 0 saturated heterocycles. The number of carbonyl (C=O) groups excluding carboxylic acids is 1. The van der Waals surface area contributed by atoms with Crippen molar-refractivity contribution in [1.82, 2.24) is 0 Å². The fraction of sp³-hybridized carbons (Fsp3) is 0.267. The van der Waals surface area contributed by atoms with Gasteiger partial charge in [-0.25, -0.2) is 0 Å². The van der Waals surface area contributed by atoms with Gasteiger partial charge in [0.1, 0.15) is 0 Å². The minimum absolute atomic E-state index is 0.0128. The van der Waals surface area contributed by atoms with Gasteiger partial charge in [-0.3, -0.25) is 4.79 Å². The SMILES string of the molecule is CC(C)(C)Nc1ccc(NC(=O)c2ccco2)cc1. The van der Waals surface area contributed by atoms with Gasteiger partial charge >= 0.3 is 0 Å². The van der Waals surface area contributed by atoms with E-state index in [4.69, 9.17) is 4.42 Å². The molecule has 4 nitrogen and oxygen atoms in total. The van der Waals surface area contributed by atoms with Crippen LogP contribution in [-0.4, -0.2) is 11.4 Å². The van der Waals surface area contributed by atoms with Crippen LogP contribution < -0.4 is 10.6 Å². The number of amides is 1. The molecule has 2 N–H and O–H groups in total. The molecule has 2 aromatic rings. The molecule has 0 aliphatic rings. The van der Waals surface area contributed by atoms with Crippen LogP contribution in [0.5, 0.6) is 0 Å². The summed E-state index contributed by atoms with van der Waals surface area (Å²) in [5, 5.41) is 6.13. The van der Waals surface area contributed by atoms with Crippen molar-refractivity contribution >= 4 is 17.3 Å². The number of hydrogen-bond acceptors (Lipinski definition) is 3. The highest BCUT2D eigenvalue weighted by molar-refractivity contribution is 6.02. The lowest BCUT2D eigenvalue weighted by Crippen LogP contribution is -2.25. The van der Waals surface area contributed by atoms with Gasteiger partial charge in [-0.2, -0.15) is 0 Å². The highest BCUT2D eigenvalue weighted by atomic mass is 16.3. The van der Waals surface area contributed by atoms with Gasteiger partial charge in [0.05, 0.1) is 6.26 Å². The standard InChI is InChI=1S/C15H18N2O2/c1-15(2,3)17-12-8-6-11(7-9-12)16-14(18)13-5-4-10-19-13/h4-10,17H,1-3H3,(H,16,18). The van der Waals surface area contributed by atoms with Crippen molar-refractivity contribution in [3.8, 4) is 0 Å². The number of hydrogen-bond donors (Lipinski definition) is 2. The molecule has 0 aliphatic heterocycles. The lowest BCUT2D eigenvalue weighted by molar-refractivity contribution is 0.0996. The van der Waals surface area contributed by atoms with Crippen LogP contribution >= 0.6 is 0 Å². The number of anilines is 2. The van der Waals surface area contributed by atoms with Crippen molar-refractivity contribution in [2.24, 2.45) is 0 Å². The molecule has 1 amide bonds. The Bertz CT molecular complexity index is 537. The topological polar surface area (TPSA) is 54.3 Å². The molecule has 0 atom stereocenters. The zero-order valence-corrected chi connectivity index (χ0v) is 11.4. The number of benzene rings is 1. The Morgan fingerprint density at radius 2 is 1.68 bits per heavy atom. The van der Waals surface area contributed by atoms with E-state index in [1.54, 1.807) is 12.1 Å². The maximum atomic E-state index is 11.8. The van der Waals surface area contributed by atoms with Crippen LogP contribution in [0.2, 0.25) is 0 Å². The highest BCUT2D eigenvalue weighted by Crippen LogP contribution is 2.18. The smallest absolute Gasteiger partial charge is 0.291 e. The molecule has 2 rings (SSSR count). The lowest BCUT2D eigenvalue weighted by Gasteiger charge is -2.22. The first kappa shape index (κ1) is 13.2. The summed E-state index contributed by atoms with van der Waals surface area (Å²) in [4.78, 5) is 11.8. The first-order valence-corrected chi connectivity index (χ1v) is 6.17. The van der Waals surface area contributed by atoms with Crippen LogP contribution in [0.1, 0.15) is 31.3 Å². The van der Waals surface area contributed by atoms with E-state index in [1.807, 2.05) is 24.3 Å². The minimum atomic E-state index is -0.249. The summed E-state index contributed by atoms with van der Waals surface area (Å²) in [5.41, 5.74) is 1.77. The normalized spacial score (nSPS) is 11.1. The van der Waals surface area contributed by atoms with Crippen LogP contribution in [0.25, 0.3) is 0 Å². The zero-order valence-electron chi connectivity index (χ0n) is 11.4. The molecule has 19 heavy (non-hydrogen) atoms. The molecular weight excluding hydrogens is 240 g/mol. The van der Waals surface area contributed by atoms with E-state index in [1.165, 1.54) is 6.26 Å². The average molecular weight is 258 g/mol. The molecule has 100 valence electrons. The Labute approximate surface area is 112 Å². The molecule has 0 bridgehead atoms. The summed E-state index contributed by atoms with van der Waals surface area (Å²) in [6.45, 7) is 6.29. The molecule has 4 heteroatoms. The van der Waals surface area contributed by atoms with E-state index in [2.05, 4.69) is 31.4 Å². The largest absolute Gasteiger partial charge is 0.459 e. The fourth-order valence-electron chi connectivity index (χ4n) is 1.67. The van der Waals surface area contributed by atoms with Gasteiger partial charge < -0.3 is 15.1 Å². The molecule has 0 unspecified atom stereocenters. The van der Waals surface area contributed by atoms with Crippen molar-refractivity contribution in [2.45, 2.75) is 26.3 Å². The quantitative estimate of drug-likeness (QED) is 0.881. The van der Waals surface area contributed by atoms with Crippen LogP contribution in [0, 0.1) is 0 Å². The van der Waals surface area contributed by atoms with Gasteiger partial charge in [-0.05, 0) is 57.2 Å². The van der Waals surface area contributed by atoms with Crippen LogP contribution in [0.3, 0.4) is 0 Å². The van der Waals surface area contributed by atoms with E-state index in [0.29, 0.717) is 5.76 Å². The minimum Gasteiger partial charge on any atom is -0.459 e. The third-order valence-electron chi connectivity index (χ3n) is 2.41. The second-order valence-electron chi connectivity index (χ2n) is 5.38. The summed E-state index contributed by atoms with van der Waals surface area (Å²) < 4.78 is 5.03. The van der Waals surface area contributed by atoms with E-state index in [9.17, 15) is 4.79 Å². The summed E-state index contributed by atoms with van der Waals surface area (Å²) in [6.07, 6.45) is 1.48. The molecule has 0 spiro atoms. The van der Waals surface area contributed by atoms with Gasteiger partial charge in [0.15, 0.2) is 5.76 Å². The predicted molar refractivity (Wildman–Crippen MR) is 76.5 cm³/mol. The van der Waals surface area contributed by atoms with Crippen LogP contribution in [0.15, 0.2) is 47.1 Å². The summed E-state index contributed by atoms with van der Waals surface area (Å²) in [5.74, 6) is 0.0541. The predicted octanol–water partition coefficient (Wildman–Crippen LogP) is 3.74. The van der Waals surface area contributed by atoms with Crippen molar-refractivity contribution < 1.29 is 9.21 Å². The Kier molecular flexibility index (Phi) is 3.60. The molecule has 1 aromatic carbocycles. The number of furan rings is 1. The second kappa shape index (κ2) is 5.18. The van der Waals surface area contributed by atoms with Gasteiger partial charge in [0.25, 0.3) is 5.91 Å². The fourth-order valence-corrected chi connectivity index (χ4v) is 1.67. The number of rotatable bonds is 3. The molecule has 0 aliphatic carbocycles. The maximum Gasteiger partial charge on any atom is 0.291 e. The molecule has 0 saturated carbocycles. The van der Waals surface area contributed by atoms with E-state index >= 15 is 0 Å². The van der Waals surface area contributed by atoms with Crippen LogP contribution in [-0.2, 0) is 0 Å². The maximum absolute atomic E-state index is 11.8. The van der Waals surface area contributed by atoms with Crippen molar-refractivity contribution in [3.63, 3.8) is 0 Å². The summed E-state index contributed by atoms with van der Waals surface area (Å²) in [6, 6.07) is 10.9. The van der Waals surface area contributed by atoms with Crippen molar-refractivity contribution in [1.29, 1.82) is 0 Å². The Hall–Kier alpha value is -2.23. The van der Waals surface area contributed by atoms with Gasteiger partial charge in [0.2, 0.25) is 0 Å². The summed E-state index contributed by atoms with van der Waals surface area (Å²) >= 11 is 0. The first-order chi connectivity index (χ1) is 8.94. The lowest BCUT2D eigenvalue weighted by atomic mass is 10.1. The van der Waals surface area contributed by atoms with Crippen molar-refractivity contribution in [3.05, 3.63) is 48.4 Å². The molecule has 1 aromatic heterocycles. The first-order valence-electron chi connectivity index (χ1n) is 6.17. The monoisotopic (exact) mass is 258 g/mol. The third kappa shape index (κ3) is 3.88. The third-order valence-corrected chi connectivity index (χ3v) is 2.41. The number of nitrogens with one attached hydrogen (secondary N) is 2. The van der Waals surface area contributed by atoms with Crippen molar-refractivity contribution in [2.75, 3.05) is 10.6 Å². The highest BCUT2D eigenvalue weighted by Gasteiger charge is 2.10. The Balaban J connectivity index is 2.01. The van der Waals surface area contributed by atoms with E-state index in [0.717, 1.165) is 11.4 Å². The van der Waals surface area contributed by atoms with Gasteiger partial charge in [-0.1, -0.05) is 0 Å². The average Bonchev–Trinajstić information content (AvgIpc) is 2.83. The van der Waals surface area contributed by atoms with E-state index in [-0.39, 0.29) is 11.4 Å². The second-order valence-corrected chi connectivity index (χ2v) is 5.38. The molecular formula is C15H18N2O2. The molecule has 0 fully saturated rings. The summed E-state index contributed by atoms with van der Waals surface area (Å²) in [7, 11) is 0. The molecule has 1 heterocycles. The number of carbonyl (C=O) groups is 1.